The molecule has 1 aliphatic rings. The zero-order valence-corrected chi connectivity index (χ0v) is 7.50. The van der Waals surface area contributed by atoms with Gasteiger partial charge in [0.2, 0.25) is 5.91 Å². The number of hydrogen-bond acceptors (Lipinski definition) is 3. The second kappa shape index (κ2) is 3.04. The monoisotopic (exact) mass is 187 g/mol. The molecule has 14 heavy (non-hydrogen) atoms. The van der Waals surface area contributed by atoms with Gasteiger partial charge in [-0.15, -0.1) is 0 Å². The molecule has 0 atom stereocenters. The van der Waals surface area contributed by atoms with E-state index >= 15 is 0 Å². The largest absolute Gasteiger partial charge is 0.398 e. The maximum Gasteiger partial charge on any atom is 0.224 e. The van der Waals surface area contributed by atoms with Crippen LogP contribution in [0.4, 0.5) is 11.4 Å². The molecule has 0 aromatic heterocycles. The number of nitrogens with two attached hydrogens (primary N) is 1. The van der Waals surface area contributed by atoms with Crippen molar-refractivity contribution in [1.82, 2.24) is 0 Å². The highest BCUT2D eigenvalue weighted by atomic mass is 16.1. The lowest BCUT2D eigenvalue weighted by Crippen LogP contribution is -2.19. The molecule has 1 aromatic carbocycles. The third kappa shape index (κ3) is 1.29. The van der Waals surface area contributed by atoms with Crippen LogP contribution in [0, 0.1) is 11.3 Å². The van der Waals surface area contributed by atoms with E-state index in [1.54, 1.807) is 12.1 Å². The van der Waals surface area contributed by atoms with Gasteiger partial charge in [0.1, 0.15) is 6.07 Å². The molecule has 1 aliphatic heterocycles. The number of nitrogens with zero attached hydrogens (tertiary/aromatic N) is 1. The quantitative estimate of drug-likeness (QED) is 0.595. The number of amides is 1. The topological polar surface area (TPSA) is 78.9 Å². The molecule has 2 rings (SSSR count). The summed E-state index contributed by atoms with van der Waals surface area (Å²) in [6, 6.07) is 5.37. The minimum atomic E-state index is -0.00818. The molecule has 1 amide bonds. The molecular formula is C10H9N3O. The highest BCUT2D eigenvalue weighted by Crippen LogP contribution is 2.27. The van der Waals surface area contributed by atoms with E-state index in [1.165, 1.54) is 0 Å². The van der Waals surface area contributed by atoms with E-state index in [-0.39, 0.29) is 5.91 Å². The van der Waals surface area contributed by atoms with E-state index in [4.69, 9.17) is 11.0 Å². The number of carbonyl (C=O) groups is 1. The standard InChI is InChI=1S/C10H9N3O/c11-5-7-4-9-6(3-8(7)12)1-2-10(14)13-9/h3-4H,1-2,12H2,(H,13,14). The summed E-state index contributed by atoms with van der Waals surface area (Å²) in [5, 5.41) is 11.5. The van der Waals surface area contributed by atoms with Gasteiger partial charge in [0.05, 0.1) is 5.56 Å². The lowest BCUT2D eigenvalue weighted by atomic mass is 10.00. The van der Waals surface area contributed by atoms with E-state index in [2.05, 4.69) is 5.32 Å². The summed E-state index contributed by atoms with van der Waals surface area (Å²) in [5.74, 6) is -0.00818. The van der Waals surface area contributed by atoms with Crippen LogP contribution >= 0.6 is 0 Å². The minimum Gasteiger partial charge on any atom is -0.398 e. The number of nitrogen functional groups attached to an aromatic ring is 1. The summed E-state index contributed by atoms with van der Waals surface area (Å²) in [6.45, 7) is 0. The highest BCUT2D eigenvalue weighted by Gasteiger charge is 2.16. The first-order chi connectivity index (χ1) is 6.70. The molecule has 0 radical (unpaired) electrons. The normalized spacial score (nSPS) is 14.1. The van der Waals surface area contributed by atoms with Crippen LogP contribution in [0.3, 0.4) is 0 Å². The van der Waals surface area contributed by atoms with Crippen LogP contribution in [0.15, 0.2) is 12.1 Å². The summed E-state index contributed by atoms with van der Waals surface area (Å²) in [4.78, 5) is 11.1. The lowest BCUT2D eigenvalue weighted by Gasteiger charge is -2.17. The first kappa shape index (κ1) is 8.57. The van der Waals surface area contributed by atoms with Crippen LogP contribution in [0.25, 0.3) is 0 Å². The number of benzene rings is 1. The predicted octanol–water partition coefficient (Wildman–Crippen LogP) is 1.03. The van der Waals surface area contributed by atoms with Crippen LogP contribution in [-0.2, 0) is 11.2 Å². The fourth-order valence-corrected chi connectivity index (χ4v) is 1.54. The smallest absolute Gasteiger partial charge is 0.224 e. The summed E-state index contributed by atoms with van der Waals surface area (Å²) < 4.78 is 0. The molecule has 4 heteroatoms. The molecule has 0 fully saturated rings. The van der Waals surface area contributed by atoms with Crippen molar-refractivity contribution in [2.24, 2.45) is 0 Å². The van der Waals surface area contributed by atoms with Crippen LogP contribution < -0.4 is 11.1 Å². The van der Waals surface area contributed by atoms with E-state index < -0.39 is 0 Å². The summed E-state index contributed by atoms with van der Waals surface area (Å²) in [7, 11) is 0. The first-order valence-corrected chi connectivity index (χ1v) is 4.33. The van der Waals surface area contributed by atoms with Gasteiger partial charge in [0.15, 0.2) is 0 Å². The number of aryl methyl sites for hydroxylation is 1. The Morgan fingerprint density at radius 2 is 2.21 bits per heavy atom. The van der Waals surface area contributed by atoms with Crippen LogP contribution in [-0.4, -0.2) is 5.91 Å². The Balaban J connectivity index is 2.52. The summed E-state index contributed by atoms with van der Waals surface area (Å²) in [6.07, 6.45) is 1.18. The summed E-state index contributed by atoms with van der Waals surface area (Å²) >= 11 is 0. The van der Waals surface area contributed by atoms with Gasteiger partial charge in [-0.1, -0.05) is 0 Å². The zero-order chi connectivity index (χ0) is 10.1. The van der Waals surface area contributed by atoms with Crippen molar-refractivity contribution < 1.29 is 4.79 Å². The third-order valence-corrected chi connectivity index (χ3v) is 2.29. The molecule has 0 saturated carbocycles. The Hall–Kier alpha value is -2.02. The molecule has 0 saturated heterocycles. The predicted molar refractivity (Wildman–Crippen MR) is 52.5 cm³/mol. The molecule has 0 spiro atoms. The fraction of sp³-hybridized carbons (Fsp3) is 0.200. The zero-order valence-electron chi connectivity index (χ0n) is 7.50. The van der Waals surface area contributed by atoms with Crippen molar-refractivity contribution in [3.05, 3.63) is 23.3 Å². The number of carbonyl (C=O) groups excluding carboxylic acids is 1. The molecular weight excluding hydrogens is 178 g/mol. The van der Waals surface area contributed by atoms with Crippen molar-refractivity contribution in [3.8, 4) is 6.07 Å². The van der Waals surface area contributed by atoms with Gasteiger partial charge >= 0.3 is 0 Å². The number of nitriles is 1. The van der Waals surface area contributed by atoms with Crippen LogP contribution in [0.5, 0.6) is 0 Å². The van der Waals surface area contributed by atoms with Gasteiger partial charge in [0.25, 0.3) is 0 Å². The van der Waals surface area contributed by atoms with E-state index in [0.29, 0.717) is 29.8 Å². The molecule has 4 nitrogen and oxygen atoms in total. The number of rotatable bonds is 0. The Labute approximate surface area is 81.3 Å². The van der Waals surface area contributed by atoms with Gasteiger partial charge < -0.3 is 11.1 Å². The Morgan fingerprint density at radius 3 is 2.93 bits per heavy atom. The highest BCUT2D eigenvalue weighted by molar-refractivity contribution is 5.94. The maximum atomic E-state index is 11.1. The van der Waals surface area contributed by atoms with Crippen molar-refractivity contribution >= 4 is 17.3 Å². The molecule has 3 N–H and O–H groups in total. The van der Waals surface area contributed by atoms with Crippen LogP contribution in [0.1, 0.15) is 17.5 Å². The number of fused-ring (bicyclic) bond motifs is 1. The van der Waals surface area contributed by atoms with Crippen molar-refractivity contribution in [3.63, 3.8) is 0 Å². The lowest BCUT2D eigenvalue weighted by molar-refractivity contribution is -0.116. The van der Waals surface area contributed by atoms with Gasteiger partial charge in [0, 0.05) is 17.8 Å². The van der Waals surface area contributed by atoms with E-state index in [1.807, 2.05) is 6.07 Å². The number of nitrogens with one attached hydrogen (secondary N) is 1. The van der Waals surface area contributed by atoms with Gasteiger partial charge in [-0.3, -0.25) is 4.79 Å². The van der Waals surface area contributed by atoms with Crippen molar-refractivity contribution in [2.75, 3.05) is 11.1 Å². The number of hydrogen-bond donors (Lipinski definition) is 2. The molecule has 70 valence electrons. The first-order valence-electron chi connectivity index (χ1n) is 4.33. The van der Waals surface area contributed by atoms with Gasteiger partial charge in [-0.25, -0.2) is 0 Å². The average Bonchev–Trinajstić information content (AvgIpc) is 2.17. The van der Waals surface area contributed by atoms with Gasteiger partial charge in [-0.2, -0.15) is 5.26 Å². The number of anilines is 2. The van der Waals surface area contributed by atoms with Crippen molar-refractivity contribution in [1.29, 1.82) is 5.26 Å². The van der Waals surface area contributed by atoms with E-state index in [9.17, 15) is 4.79 Å². The summed E-state index contributed by atoms with van der Waals surface area (Å²) in [5.41, 5.74) is 8.25. The third-order valence-electron chi connectivity index (χ3n) is 2.29. The molecule has 0 unspecified atom stereocenters. The van der Waals surface area contributed by atoms with Crippen LogP contribution in [0.2, 0.25) is 0 Å². The molecule has 0 bridgehead atoms. The Morgan fingerprint density at radius 1 is 1.43 bits per heavy atom. The Kier molecular flexibility index (Phi) is 1.86. The Bertz CT molecular complexity index is 445. The maximum absolute atomic E-state index is 11.1. The molecule has 0 aliphatic carbocycles. The molecule has 1 heterocycles. The second-order valence-electron chi connectivity index (χ2n) is 3.26. The average molecular weight is 187 g/mol. The SMILES string of the molecule is N#Cc1cc2c(cc1N)CCC(=O)N2. The minimum absolute atomic E-state index is 0.00818. The van der Waals surface area contributed by atoms with Gasteiger partial charge in [-0.05, 0) is 24.1 Å². The fourth-order valence-electron chi connectivity index (χ4n) is 1.54. The van der Waals surface area contributed by atoms with E-state index in [0.717, 1.165) is 5.56 Å². The van der Waals surface area contributed by atoms with Crippen molar-refractivity contribution in [2.45, 2.75) is 12.8 Å². The molecule has 1 aromatic rings. The second-order valence-corrected chi connectivity index (χ2v) is 3.26.